The zero-order chi connectivity index (χ0) is 15.0. The van der Waals surface area contributed by atoms with Gasteiger partial charge in [-0.15, -0.1) is 0 Å². The number of Topliss-reactive ketones (excluding diaryl/α,β-unsaturated/α-hetero) is 1. The molecular weight excluding hydrogens is 348 g/mol. The summed E-state index contributed by atoms with van der Waals surface area (Å²) in [6.07, 6.45) is 0. The SMILES string of the molecule is CC(=O)C(C)=Nc1ccccc1C(C)C.[Cl][Fe]([Cl])[Cl]. The van der Waals surface area contributed by atoms with E-state index in [1.165, 1.54) is 12.5 Å². The monoisotopic (exact) mass is 364 g/mol. The molecule has 0 radical (unpaired) electrons. The van der Waals surface area contributed by atoms with Crippen LogP contribution in [0.15, 0.2) is 29.3 Å². The van der Waals surface area contributed by atoms with Gasteiger partial charge in [-0.1, -0.05) is 32.0 Å². The average molecular weight is 365 g/mol. The molecule has 19 heavy (non-hydrogen) atoms. The van der Waals surface area contributed by atoms with E-state index in [2.05, 4.69) is 24.9 Å². The molecule has 1 aromatic rings. The number of para-hydroxylation sites is 1. The van der Waals surface area contributed by atoms with Crippen molar-refractivity contribution in [2.45, 2.75) is 33.6 Å². The summed E-state index contributed by atoms with van der Waals surface area (Å²) >= 11 is -1.33. The average Bonchev–Trinajstić information content (AvgIpc) is 2.28. The Morgan fingerprint density at radius 1 is 1.16 bits per heavy atom. The van der Waals surface area contributed by atoms with Crippen molar-refractivity contribution in [3.05, 3.63) is 29.8 Å². The van der Waals surface area contributed by atoms with Crippen LogP contribution in [0.1, 0.15) is 39.2 Å². The molecule has 109 valence electrons. The van der Waals surface area contributed by atoms with Crippen molar-refractivity contribution >= 4 is 47.5 Å². The van der Waals surface area contributed by atoms with Gasteiger partial charge in [0.25, 0.3) is 0 Å². The van der Waals surface area contributed by atoms with E-state index in [0.29, 0.717) is 11.6 Å². The zero-order valence-electron chi connectivity index (χ0n) is 11.2. The predicted octanol–water partition coefficient (Wildman–Crippen LogP) is 5.56. The van der Waals surface area contributed by atoms with Gasteiger partial charge in [-0.3, -0.25) is 4.79 Å². The molecule has 0 saturated carbocycles. The molecule has 0 aliphatic carbocycles. The second-order valence-electron chi connectivity index (χ2n) is 4.12. The van der Waals surface area contributed by atoms with Gasteiger partial charge < -0.3 is 0 Å². The van der Waals surface area contributed by atoms with Crippen molar-refractivity contribution in [1.29, 1.82) is 0 Å². The third kappa shape index (κ3) is 8.67. The topological polar surface area (TPSA) is 29.4 Å². The number of nitrogens with zero attached hydrogens (tertiary/aromatic N) is 1. The second-order valence-corrected chi connectivity index (χ2v) is 9.59. The third-order valence-corrected chi connectivity index (χ3v) is 2.36. The number of ketones is 1. The second kappa shape index (κ2) is 9.79. The van der Waals surface area contributed by atoms with Crippen LogP contribution in [-0.4, -0.2) is 11.5 Å². The Balaban J connectivity index is 0.000000711. The van der Waals surface area contributed by atoms with E-state index in [-0.39, 0.29) is 5.78 Å². The van der Waals surface area contributed by atoms with E-state index in [9.17, 15) is 4.79 Å². The van der Waals surface area contributed by atoms with Gasteiger partial charge in [-0.2, -0.15) is 0 Å². The molecule has 0 bridgehead atoms. The van der Waals surface area contributed by atoms with Gasteiger partial charge in [0, 0.05) is 6.92 Å². The molecule has 0 spiro atoms. The van der Waals surface area contributed by atoms with E-state index >= 15 is 0 Å². The first-order valence-electron chi connectivity index (χ1n) is 5.57. The summed E-state index contributed by atoms with van der Waals surface area (Å²) in [6, 6.07) is 7.94. The maximum atomic E-state index is 11.1. The van der Waals surface area contributed by atoms with E-state index < -0.39 is 11.2 Å². The van der Waals surface area contributed by atoms with Crippen LogP contribution in [0.4, 0.5) is 5.69 Å². The van der Waals surface area contributed by atoms with Crippen LogP contribution in [0.5, 0.6) is 0 Å². The standard InChI is InChI=1S/C13H17NO.3ClH.Fe/c1-9(2)12-7-5-6-8-13(12)14-10(3)11(4)15;;;;/h5-9H,1-4H3;3*1H;/q;;;;+3/p-3. The molecule has 0 aliphatic heterocycles. The first-order chi connectivity index (χ1) is 8.75. The number of carbonyl (C=O) groups is 1. The number of rotatable bonds is 3. The fourth-order valence-corrected chi connectivity index (χ4v) is 1.34. The summed E-state index contributed by atoms with van der Waals surface area (Å²) in [5.74, 6) is 0.443. The fourth-order valence-electron chi connectivity index (χ4n) is 1.34. The van der Waals surface area contributed by atoms with Crippen molar-refractivity contribution in [2.75, 3.05) is 0 Å². The van der Waals surface area contributed by atoms with Crippen molar-refractivity contribution in [2.24, 2.45) is 4.99 Å². The van der Waals surface area contributed by atoms with Gasteiger partial charge >= 0.3 is 41.5 Å². The zero-order valence-corrected chi connectivity index (χ0v) is 14.6. The molecule has 6 heteroatoms. The Morgan fingerprint density at radius 2 is 1.63 bits per heavy atom. The molecule has 0 heterocycles. The Morgan fingerprint density at radius 3 is 2.05 bits per heavy atom. The molecule has 0 amide bonds. The van der Waals surface area contributed by atoms with E-state index in [1.54, 1.807) is 6.92 Å². The maximum absolute atomic E-state index is 11.1. The number of carbonyl (C=O) groups excluding carboxylic acids is 1. The Kier molecular flexibility index (Phi) is 9.76. The van der Waals surface area contributed by atoms with Crippen LogP contribution < -0.4 is 0 Å². The first kappa shape index (κ1) is 18.9. The van der Waals surface area contributed by atoms with Gasteiger partial charge in [0.15, 0.2) is 5.78 Å². The molecule has 2 nitrogen and oxygen atoms in total. The summed E-state index contributed by atoms with van der Waals surface area (Å²) in [5.41, 5.74) is 2.64. The van der Waals surface area contributed by atoms with E-state index in [1.807, 2.05) is 18.2 Å². The quantitative estimate of drug-likeness (QED) is 0.509. The number of hydrogen-bond acceptors (Lipinski definition) is 2. The molecule has 0 aromatic heterocycles. The Labute approximate surface area is 131 Å². The van der Waals surface area contributed by atoms with Crippen LogP contribution in [0.3, 0.4) is 0 Å². The number of benzene rings is 1. The summed E-state index contributed by atoms with van der Waals surface area (Å²) in [7, 11) is 14.7. The minimum atomic E-state index is -1.33. The Hall–Kier alpha value is -0.0505. The summed E-state index contributed by atoms with van der Waals surface area (Å²) < 4.78 is 0. The van der Waals surface area contributed by atoms with Gasteiger partial charge in [-0.05, 0) is 24.5 Å². The van der Waals surface area contributed by atoms with Crippen LogP contribution in [0.25, 0.3) is 0 Å². The van der Waals surface area contributed by atoms with Crippen LogP contribution in [-0.2, 0) is 16.0 Å². The van der Waals surface area contributed by atoms with Crippen molar-refractivity contribution in [1.82, 2.24) is 0 Å². The van der Waals surface area contributed by atoms with Crippen LogP contribution in [0.2, 0.25) is 0 Å². The third-order valence-electron chi connectivity index (χ3n) is 2.36. The van der Waals surface area contributed by atoms with Crippen LogP contribution in [0, 0.1) is 0 Å². The van der Waals surface area contributed by atoms with E-state index in [0.717, 1.165) is 5.69 Å². The van der Waals surface area contributed by atoms with Crippen LogP contribution >= 0.6 is 30.3 Å². The molecule has 1 rings (SSSR count). The molecule has 0 atom stereocenters. The molecular formula is C13H17Cl3FeNO. The fraction of sp³-hybridized carbons (Fsp3) is 0.385. The summed E-state index contributed by atoms with van der Waals surface area (Å²) in [4.78, 5) is 15.4. The van der Waals surface area contributed by atoms with Crippen molar-refractivity contribution < 1.29 is 16.0 Å². The van der Waals surface area contributed by atoms with Gasteiger partial charge in [-0.25, -0.2) is 4.99 Å². The molecule has 1 aromatic carbocycles. The number of halogens is 3. The first-order valence-corrected chi connectivity index (χ1v) is 10.1. The normalized spacial score (nSPS) is 11.8. The minimum absolute atomic E-state index is 0.0218. The number of hydrogen-bond donors (Lipinski definition) is 0. The van der Waals surface area contributed by atoms with Crippen molar-refractivity contribution in [3.8, 4) is 0 Å². The molecule has 0 fully saturated rings. The predicted molar refractivity (Wildman–Crippen MR) is 81.5 cm³/mol. The van der Waals surface area contributed by atoms with Crippen molar-refractivity contribution in [3.63, 3.8) is 0 Å². The summed E-state index contributed by atoms with van der Waals surface area (Å²) in [5, 5.41) is 0. The number of aliphatic imine (C=N–C) groups is 1. The molecule has 0 saturated heterocycles. The van der Waals surface area contributed by atoms with E-state index in [4.69, 9.17) is 30.3 Å². The Bertz CT molecular complexity index is 445. The molecule has 0 unspecified atom stereocenters. The van der Waals surface area contributed by atoms with Gasteiger partial charge in [0.1, 0.15) is 0 Å². The van der Waals surface area contributed by atoms with Gasteiger partial charge in [0.05, 0.1) is 11.4 Å². The molecule has 0 N–H and O–H groups in total. The molecule has 0 aliphatic rings. The summed E-state index contributed by atoms with van der Waals surface area (Å²) in [6.45, 7) is 7.53. The van der Waals surface area contributed by atoms with Gasteiger partial charge in [0.2, 0.25) is 0 Å².